The predicted molar refractivity (Wildman–Crippen MR) is 112 cm³/mol. The molecule has 2 aromatic carbocycles. The van der Waals surface area contributed by atoms with E-state index in [4.69, 9.17) is 10.2 Å². The molecule has 4 N–H and O–H groups in total. The Hall–Kier alpha value is -3.69. The lowest BCUT2D eigenvalue weighted by atomic mass is 10.0. The largest absolute Gasteiger partial charge is 0.476 e. The summed E-state index contributed by atoms with van der Waals surface area (Å²) in [5.74, 6) is -0.0425. The summed E-state index contributed by atoms with van der Waals surface area (Å²) in [5, 5.41) is 10.7. The maximum absolute atomic E-state index is 12.9. The lowest BCUT2D eigenvalue weighted by Crippen LogP contribution is -2.16. The van der Waals surface area contributed by atoms with Crippen molar-refractivity contribution in [3.63, 3.8) is 0 Å². The molecule has 2 aromatic heterocycles. The fraction of sp³-hybridized carbons (Fsp3) is 0.0476. The third-order valence-electron chi connectivity index (χ3n) is 4.55. The number of aromatic carboxylic acids is 1. The van der Waals surface area contributed by atoms with Crippen LogP contribution in [0.15, 0.2) is 76.2 Å². The van der Waals surface area contributed by atoms with Gasteiger partial charge in [0.05, 0.1) is 17.1 Å². The van der Waals surface area contributed by atoms with Crippen molar-refractivity contribution < 1.29 is 22.7 Å². The topological polar surface area (TPSA) is 136 Å². The number of carboxylic acid groups (broad SMARTS) is 1. The van der Waals surface area contributed by atoms with E-state index in [0.717, 1.165) is 10.9 Å². The van der Waals surface area contributed by atoms with E-state index in [9.17, 15) is 18.3 Å². The zero-order valence-electron chi connectivity index (χ0n) is 15.6. The highest BCUT2D eigenvalue weighted by atomic mass is 32.2. The van der Waals surface area contributed by atoms with E-state index in [0.29, 0.717) is 16.9 Å². The number of nitrogens with zero attached hydrogens (tertiary/aromatic N) is 1. The van der Waals surface area contributed by atoms with E-state index in [1.54, 1.807) is 24.3 Å². The third-order valence-corrected chi connectivity index (χ3v) is 5.91. The Morgan fingerprint density at radius 3 is 2.67 bits per heavy atom. The van der Waals surface area contributed by atoms with E-state index in [-0.39, 0.29) is 22.8 Å². The monoisotopic (exact) mass is 423 g/mol. The smallest absolute Gasteiger partial charge is 0.356 e. The molecule has 0 aliphatic rings. The first-order chi connectivity index (χ1) is 14.4. The Bertz CT molecular complexity index is 1360. The Morgan fingerprint density at radius 2 is 1.93 bits per heavy atom. The molecule has 0 unspecified atom stereocenters. The molecule has 0 saturated heterocycles. The molecule has 0 spiro atoms. The summed E-state index contributed by atoms with van der Waals surface area (Å²) in [4.78, 5) is 15.0. The van der Waals surface area contributed by atoms with Crippen LogP contribution in [-0.4, -0.2) is 24.5 Å². The van der Waals surface area contributed by atoms with Crippen molar-refractivity contribution in [3.05, 3.63) is 78.3 Å². The fourth-order valence-electron chi connectivity index (χ4n) is 3.14. The van der Waals surface area contributed by atoms with Crippen LogP contribution < -0.4 is 10.5 Å². The van der Waals surface area contributed by atoms with Crippen LogP contribution in [-0.2, 0) is 16.6 Å². The van der Waals surface area contributed by atoms with Gasteiger partial charge in [-0.2, -0.15) is 0 Å². The van der Waals surface area contributed by atoms with Crippen LogP contribution in [0.2, 0.25) is 0 Å². The summed E-state index contributed by atoms with van der Waals surface area (Å²) < 4.78 is 33.7. The number of anilines is 1. The zero-order valence-corrected chi connectivity index (χ0v) is 16.4. The molecule has 0 fully saturated rings. The Balaban J connectivity index is 1.74. The van der Waals surface area contributed by atoms with Gasteiger partial charge in [0.1, 0.15) is 11.5 Å². The fourth-order valence-corrected chi connectivity index (χ4v) is 4.24. The predicted octanol–water partition coefficient (Wildman–Crippen LogP) is 3.45. The third kappa shape index (κ3) is 3.63. The van der Waals surface area contributed by atoms with Gasteiger partial charge < -0.3 is 15.3 Å². The highest BCUT2D eigenvalue weighted by Crippen LogP contribution is 2.31. The van der Waals surface area contributed by atoms with Gasteiger partial charge in [-0.05, 0) is 47.2 Å². The van der Waals surface area contributed by atoms with Crippen LogP contribution >= 0.6 is 0 Å². The number of sulfonamides is 1. The van der Waals surface area contributed by atoms with Crippen LogP contribution in [0.1, 0.15) is 16.2 Å². The quantitative estimate of drug-likeness (QED) is 0.432. The van der Waals surface area contributed by atoms with Gasteiger partial charge in [-0.3, -0.25) is 4.72 Å². The molecule has 0 saturated carbocycles. The standard InChI is InChI=1S/C21H17N3O5S/c22-12-14-6-9-19(29-14)17-4-1-3-13-11-15(7-8-16(13)17)30(27,28)24-18-5-2-10-23-20(18)21(25)26/h1-11,24H,12,22H2,(H,25,26). The van der Waals surface area contributed by atoms with Crippen molar-refractivity contribution >= 4 is 32.5 Å². The first-order valence-electron chi connectivity index (χ1n) is 8.92. The first-order valence-corrected chi connectivity index (χ1v) is 10.4. The van der Waals surface area contributed by atoms with Crippen LogP contribution in [0.3, 0.4) is 0 Å². The van der Waals surface area contributed by atoms with E-state index >= 15 is 0 Å². The van der Waals surface area contributed by atoms with Gasteiger partial charge in [-0.1, -0.05) is 24.3 Å². The molecule has 4 rings (SSSR count). The van der Waals surface area contributed by atoms with Crippen molar-refractivity contribution in [2.75, 3.05) is 4.72 Å². The molecule has 0 amide bonds. The molecule has 0 aliphatic heterocycles. The van der Waals surface area contributed by atoms with Gasteiger partial charge in [0, 0.05) is 11.8 Å². The van der Waals surface area contributed by atoms with Gasteiger partial charge in [-0.25, -0.2) is 18.2 Å². The Morgan fingerprint density at radius 1 is 1.10 bits per heavy atom. The van der Waals surface area contributed by atoms with Gasteiger partial charge in [0.15, 0.2) is 5.69 Å². The average molecular weight is 423 g/mol. The van der Waals surface area contributed by atoms with Gasteiger partial charge >= 0.3 is 5.97 Å². The number of pyridine rings is 1. The number of furan rings is 1. The number of fused-ring (bicyclic) bond motifs is 1. The number of hydrogen-bond acceptors (Lipinski definition) is 6. The molecule has 0 aliphatic carbocycles. The lowest BCUT2D eigenvalue weighted by Gasteiger charge is -2.11. The molecule has 0 radical (unpaired) electrons. The number of rotatable bonds is 6. The maximum atomic E-state index is 12.9. The number of carbonyl (C=O) groups is 1. The second-order valence-corrected chi connectivity index (χ2v) is 8.15. The molecular formula is C21H17N3O5S. The second kappa shape index (κ2) is 7.62. The molecular weight excluding hydrogens is 406 g/mol. The van der Waals surface area contributed by atoms with E-state index in [1.165, 1.54) is 30.5 Å². The SMILES string of the molecule is NCc1ccc(-c2cccc3cc(S(=O)(=O)Nc4cccnc4C(=O)O)ccc23)o1. The summed E-state index contributed by atoms with van der Waals surface area (Å²) in [6.45, 7) is 0.283. The van der Waals surface area contributed by atoms with E-state index in [1.807, 2.05) is 12.1 Å². The normalized spacial score (nSPS) is 11.5. The molecule has 0 atom stereocenters. The summed E-state index contributed by atoms with van der Waals surface area (Å²) in [6.07, 6.45) is 1.28. The summed E-state index contributed by atoms with van der Waals surface area (Å²) in [5.41, 5.74) is 5.93. The molecule has 9 heteroatoms. The molecule has 0 bridgehead atoms. The van der Waals surface area contributed by atoms with Gasteiger partial charge in [-0.15, -0.1) is 0 Å². The average Bonchev–Trinajstić information content (AvgIpc) is 3.22. The summed E-state index contributed by atoms with van der Waals surface area (Å²) >= 11 is 0. The molecule has 4 aromatic rings. The highest BCUT2D eigenvalue weighted by Gasteiger charge is 2.20. The van der Waals surface area contributed by atoms with Crippen LogP contribution in [0.25, 0.3) is 22.1 Å². The van der Waals surface area contributed by atoms with Crippen molar-refractivity contribution in [2.45, 2.75) is 11.4 Å². The van der Waals surface area contributed by atoms with Crippen molar-refractivity contribution in [2.24, 2.45) is 5.73 Å². The Kier molecular flexibility index (Phi) is 4.98. The number of nitrogens with two attached hydrogens (primary N) is 1. The number of benzene rings is 2. The second-order valence-electron chi connectivity index (χ2n) is 6.47. The zero-order chi connectivity index (χ0) is 21.3. The lowest BCUT2D eigenvalue weighted by molar-refractivity contribution is 0.0692. The van der Waals surface area contributed by atoms with E-state index < -0.39 is 16.0 Å². The maximum Gasteiger partial charge on any atom is 0.356 e. The minimum atomic E-state index is -4.03. The summed E-state index contributed by atoms with van der Waals surface area (Å²) in [7, 11) is -4.03. The van der Waals surface area contributed by atoms with Crippen molar-refractivity contribution in [1.29, 1.82) is 0 Å². The van der Waals surface area contributed by atoms with E-state index in [2.05, 4.69) is 9.71 Å². The first kappa shape index (κ1) is 19.6. The minimum absolute atomic E-state index is 0.00515. The highest BCUT2D eigenvalue weighted by molar-refractivity contribution is 7.92. The molecule has 30 heavy (non-hydrogen) atoms. The van der Waals surface area contributed by atoms with Crippen molar-refractivity contribution in [3.8, 4) is 11.3 Å². The Labute approximate surface area is 172 Å². The van der Waals surface area contributed by atoms with Crippen LogP contribution in [0.4, 0.5) is 5.69 Å². The summed E-state index contributed by atoms with van der Waals surface area (Å²) in [6, 6.07) is 16.5. The minimum Gasteiger partial charge on any atom is -0.476 e. The molecule has 2 heterocycles. The van der Waals surface area contributed by atoms with Crippen LogP contribution in [0, 0.1) is 0 Å². The molecule has 152 valence electrons. The number of carboxylic acids is 1. The number of nitrogens with one attached hydrogen (secondary N) is 1. The van der Waals surface area contributed by atoms with Gasteiger partial charge in [0.25, 0.3) is 10.0 Å². The van der Waals surface area contributed by atoms with Gasteiger partial charge in [0.2, 0.25) is 0 Å². The van der Waals surface area contributed by atoms with Crippen LogP contribution in [0.5, 0.6) is 0 Å². The number of aromatic nitrogens is 1. The van der Waals surface area contributed by atoms with Crippen molar-refractivity contribution in [1.82, 2.24) is 4.98 Å². The number of hydrogen-bond donors (Lipinski definition) is 3. The molecule has 8 nitrogen and oxygen atoms in total.